The molecule has 0 N–H and O–H groups in total. The summed E-state index contributed by atoms with van der Waals surface area (Å²) >= 11 is 0. The number of benzene rings is 7. The minimum absolute atomic E-state index is 0.427. The molecule has 1 aromatic heterocycles. The molecule has 1 aliphatic rings. The highest BCUT2D eigenvalue weighted by Crippen LogP contribution is 2.58. The van der Waals surface area contributed by atoms with Crippen molar-refractivity contribution in [2.24, 2.45) is 0 Å². The van der Waals surface area contributed by atoms with Crippen LogP contribution in [0.4, 0.5) is 0 Å². The fourth-order valence-corrected chi connectivity index (χ4v) is 8.27. The van der Waals surface area contributed by atoms with Gasteiger partial charge in [-0.3, -0.25) is 0 Å². The fraction of sp³-hybridized carbons (Fsp3) is 0.0385. The highest BCUT2D eigenvalue weighted by molar-refractivity contribution is 5.95. The molecule has 0 bridgehead atoms. The van der Waals surface area contributed by atoms with E-state index in [-0.39, 0.29) is 0 Å². The Hall–Kier alpha value is -6.90. The molecular weight excluding hydrogens is 653 g/mol. The zero-order chi connectivity index (χ0) is 36.5. The van der Waals surface area contributed by atoms with Gasteiger partial charge in [0.2, 0.25) is 0 Å². The number of allylic oxidation sites excluding steroid dienone is 3. The van der Waals surface area contributed by atoms with Crippen molar-refractivity contribution in [2.75, 3.05) is 0 Å². The maximum absolute atomic E-state index is 5.05. The third-order valence-corrected chi connectivity index (χ3v) is 10.8. The first kappa shape index (κ1) is 33.0. The van der Waals surface area contributed by atoms with E-state index in [2.05, 4.69) is 170 Å². The third-order valence-electron chi connectivity index (χ3n) is 10.8. The molecule has 8 aromatic rings. The van der Waals surface area contributed by atoms with Crippen LogP contribution in [0.25, 0.3) is 61.6 Å². The summed E-state index contributed by atoms with van der Waals surface area (Å²) in [7, 11) is 0. The lowest BCUT2D eigenvalue weighted by Gasteiger charge is -2.34. The molecule has 1 aliphatic carbocycles. The molecule has 0 atom stereocenters. The summed E-state index contributed by atoms with van der Waals surface area (Å²) < 4.78 is 0. The molecular formula is C52H38N2. The Morgan fingerprint density at radius 2 is 1.04 bits per heavy atom. The summed E-state index contributed by atoms with van der Waals surface area (Å²) in [6.07, 6.45) is 3.89. The van der Waals surface area contributed by atoms with Gasteiger partial charge in [0.15, 0.2) is 5.82 Å². The molecule has 54 heavy (non-hydrogen) atoms. The average Bonchev–Trinajstić information content (AvgIpc) is 3.56. The molecule has 0 amide bonds. The van der Waals surface area contributed by atoms with Crippen LogP contribution in [0.15, 0.2) is 207 Å². The van der Waals surface area contributed by atoms with Crippen molar-refractivity contribution < 1.29 is 0 Å². The van der Waals surface area contributed by atoms with Crippen LogP contribution in [0, 0.1) is 0 Å². The van der Waals surface area contributed by atoms with Crippen molar-refractivity contribution >= 4 is 5.57 Å². The Balaban J connectivity index is 1.13. The number of nitrogens with zero attached hydrogens (tertiary/aromatic N) is 2. The van der Waals surface area contributed by atoms with Gasteiger partial charge >= 0.3 is 0 Å². The quantitative estimate of drug-likeness (QED) is 0.148. The number of aromatic nitrogens is 2. The second-order valence-corrected chi connectivity index (χ2v) is 13.7. The van der Waals surface area contributed by atoms with Gasteiger partial charge in [-0.15, -0.1) is 0 Å². The zero-order valence-corrected chi connectivity index (χ0v) is 30.2. The summed E-state index contributed by atoms with van der Waals surface area (Å²) in [5.41, 5.74) is 16.7. The van der Waals surface area contributed by atoms with Gasteiger partial charge < -0.3 is 0 Å². The molecule has 0 radical (unpaired) electrons. The van der Waals surface area contributed by atoms with E-state index in [1.807, 2.05) is 43.3 Å². The molecule has 256 valence electrons. The highest BCUT2D eigenvalue weighted by Gasteiger charge is 2.46. The standard InChI is InChI=1S/C52H38N2/c1-3-36(4-2)48-35-49(39-18-8-5-9-19-39)54-51(53-48)41-21-16-20-40(34-41)37-30-32-38(33-31-37)44-27-17-29-47-50(44)45-26-14-15-28-46(45)52(47,42-22-10-6-11-23-42)43-24-12-7-13-25-43/h3-35H,1H2,2H3/b36-4+. The Bertz CT molecular complexity index is 2620. The number of hydrogen-bond acceptors (Lipinski definition) is 2. The number of fused-ring (bicyclic) bond motifs is 3. The van der Waals surface area contributed by atoms with Crippen LogP contribution >= 0.6 is 0 Å². The van der Waals surface area contributed by atoms with Gasteiger partial charge in [0.25, 0.3) is 0 Å². The first-order valence-corrected chi connectivity index (χ1v) is 18.5. The molecule has 0 saturated carbocycles. The Kier molecular flexibility index (Phi) is 8.49. The second-order valence-electron chi connectivity index (χ2n) is 13.7. The topological polar surface area (TPSA) is 25.8 Å². The van der Waals surface area contributed by atoms with Crippen LogP contribution in [-0.4, -0.2) is 9.97 Å². The first-order valence-electron chi connectivity index (χ1n) is 18.5. The SMILES string of the molecule is C=C/C(=C\C)c1cc(-c2ccccc2)nc(-c2cccc(-c3ccc(-c4cccc5c4-c4ccccc4C5(c4ccccc4)c4ccccc4)cc3)c2)n1. The predicted molar refractivity (Wildman–Crippen MR) is 225 cm³/mol. The van der Waals surface area contributed by atoms with Gasteiger partial charge in [0.05, 0.1) is 16.8 Å². The van der Waals surface area contributed by atoms with Gasteiger partial charge in [-0.1, -0.05) is 195 Å². The smallest absolute Gasteiger partial charge is 0.160 e. The Morgan fingerprint density at radius 1 is 0.481 bits per heavy atom. The molecule has 9 rings (SSSR count). The van der Waals surface area contributed by atoms with Crippen molar-refractivity contribution in [3.8, 4) is 56.0 Å². The minimum atomic E-state index is -0.427. The lowest BCUT2D eigenvalue weighted by Crippen LogP contribution is -2.28. The van der Waals surface area contributed by atoms with Crippen LogP contribution < -0.4 is 0 Å². The Labute approximate surface area is 317 Å². The molecule has 2 nitrogen and oxygen atoms in total. The highest BCUT2D eigenvalue weighted by atomic mass is 14.9. The van der Waals surface area contributed by atoms with E-state index in [4.69, 9.17) is 9.97 Å². The molecule has 0 spiro atoms. The van der Waals surface area contributed by atoms with E-state index in [0.29, 0.717) is 5.82 Å². The molecule has 7 aromatic carbocycles. The van der Waals surface area contributed by atoms with Gasteiger partial charge in [0.1, 0.15) is 0 Å². The normalized spacial score (nSPS) is 12.9. The largest absolute Gasteiger partial charge is 0.228 e. The van der Waals surface area contributed by atoms with E-state index in [9.17, 15) is 0 Å². The van der Waals surface area contributed by atoms with E-state index in [0.717, 1.165) is 39.2 Å². The summed E-state index contributed by atoms with van der Waals surface area (Å²) in [5.74, 6) is 0.685. The minimum Gasteiger partial charge on any atom is -0.228 e. The third kappa shape index (κ3) is 5.52. The lowest BCUT2D eigenvalue weighted by molar-refractivity contribution is 0.768. The van der Waals surface area contributed by atoms with Crippen molar-refractivity contribution in [3.05, 3.63) is 235 Å². The predicted octanol–water partition coefficient (Wildman–Crippen LogP) is 13.1. The number of hydrogen-bond donors (Lipinski definition) is 0. The van der Waals surface area contributed by atoms with Crippen molar-refractivity contribution in [1.82, 2.24) is 9.97 Å². The van der Waals surface area contributed by atoms with Crippen LogP contribution in [-0.2, 0) is 5.41 Å². The van der Waals surface area contributed by atoms with Gasteiger partial charge in [-0.2, -0.15) is 0 Å². The van der Waals surface area contributed by atoms with Crippen molar-refractivity contribution in [2.45, 2.75) is 12.3 Å². The van der Waals surface area contributed by atoms with E-state index < -0.39 is 5.41 Å². The fourth-order valence-electron chi connectivity index (χ4n) is 8.27. The summed E-state index contributed by atoms with van der Waals surface area (Å²) in [6.45, 7) is 6.04. The zero-order valence-electron chi connectivity index (χ0n) is 30.2. The van der Waals surface area contributed by atoms with Crippen molar-refractivity contribution in [1.29, 1.82) is 0 Å². The van der Waals surface area contributed by atoms with Crippen LogP contribution in [0.2, 0.25) is 0 Å². The van der Waals surface area contributed by atoms with E-state index in [1.54, 1.807) is 0 Å². The van der Waals surface area contributed by atoms with Crippen LogP contribution in [0.3, 0.4) is 0 Å². The monoisotopic (exact) mass is 690 g/mol. The van der Waals surface area contributed by atoms with E-state index in [1.165, 1.54) is 44.5 Å². The lowest BCUT2D eigenvalue weighted by atomic mass is 9.67. The molecule has 0 saturated heterocycles. The van der Waals surface area contributed by atoms with Crippen LogP contribution in [0.5, 0.6) is 0 Å². The second kappa shape index (κ2) is 13.9. The maximum atomic E-state index is 5.05. The molecule has 0 aliphatic heterocycles. The molecule has 0 unspecified atom stereocenters. The summed E-state index contributed by atoms with van der Waals surface area (Å²) in [5, 5.41) is 0. The van der Waals surface area contributed by atoms with Gasteiger partial charge in [-0.25, -0.2) is 9.97 Å². The number of rotatable bonds is 8. The van der Waals surface area contributed by atoms with Gasteiger partial charge in [0, 0.05) is 11.1 Å². The Morgan fingerprint density at radius 3 is 1.72 bits per heavy atom. The summed E-state index contributed by atoms with van der Waals surface area (Å²) in [6, 6.07) is 67.5. The molecule has 0 fully saturated rings. The van der Waals surface area contributed by atoms with Crippen LogP contribution in [0.1, 0.15) is 34.9 Å². The molecule has 2 heteroatoms. The van der Waals surface area contributed by atoms with Crippen molar-refractivity contribution in [3.63, 3.8) is 0 Å². The van der Waals surface area contributed by atoms with E-state index >= 15 is 0 Å². The maximum Gasteiger partial charge on any atom is 0.160 e. The first-order chi connectivity index (χ1) is 26.7. The summed E-state index contributed by atoms with van der Waals surface area (Å²) in [4.78, 5) is 10.1. The molecule has 1 heterocycles. The van der Waals surface area contributed by atoms with Gasteiger partial charge in [-0.05, 0) is 80.3 Å². The average molecular weight is 691 g/mol.